The standard InChI is InChI=1S/C24H21F3N4O3/c1-14-20-18(29-28-17-10-5-9-16(13-17)24(25,26)27)11-6-12-19(20)34-21(14)23(33)31-30-22(32)15-7-3-2-4-8-15/h2-5,7-10,13,28H,6,11-12H2,1H3,(H,30,32)(H,31,33)/b29-18+. The molecule has 4 rings (SSSR count). The Morgan fingerprint density at radius 1 is 0.971 bits per heavy atom. The maximum atomic E-state index is 13.0. The number of hydrogen-bond acceptors (Lipinski definition) is 5. The van der Waals surface area contributed by atoms with Gasteiger partial charge in [0.25, 0.3) is 5.91 Å². The highest BCUT2D eigenvalue weighted by Gasteiger charge is 2.31. The normalized spacial score (nSPS) is 14.4. The van der Waals surface area contributed by atoms with Gasteiger partial charge in [-0.05, 0) is 50.1 Å². The zero-order chi connectivity index (χ0) is 24.3. The first-order chi connectivity index (χ1) is 16.2. The van der Waals surface area contributed by atoms with Crippen molar-refractivity contribution in [1.29, 1.82) is 0 Å². The third kappa shape index (κ3) is 4.95. The minimum absolute atomic E-state index is 0.0343. The molecule has 0 bridgehead atoms. The number of anilines is 1. The summed E-state index contributed by atoms with van der Waals surface area (Å²) < 4.78 is 44.6. The van der Waals surface area contributed by atoms with Gasteiger partial charge >= 0.3 is 12.1 Å². The van der Waals surface area contributed by atoms with E-state index in [1.807, 2.05) is 0 Å². The van der Waals surface area contributed by atoms with Gasteiger partial charge in [0.05, 0.1) is 17.0 Å². The van der Waals surface area contributed by atoms with E-state index in [9.17, 15) is 22.8 Å². The highest BCUT2D eigenvalue weighted by Crippen LogP contribution is 2.32. The van der Waals surface area contributed by atoms with Crippen molar-refractivity contribution in [1.82, 2.24) is 10.9 Å². The zero-order valence-electron chi connectivity index (χ0n) is 18.1. The molecule has 3 N–H and O–H groups in total. The number of benzene rings is 2. The number of furan rings is 1. The molecule has 0 fully saturated rings. The van der Waals surface area contributed by atoms with Crippen LogP contribution in [0.3, 0.4) is 0 Å². The fraction of sp³-hybridized carbons (Fsp3) is 0.208. The van der Waals surface area contributed by atoms with Crippen molar-refractivity contribution in [2.24, 2.45) is 5.10 Å². The molecule has 1 aromatic heterocycles. The predicted molar refractivity (Wildman–Crippen MR) is 119 cm³/mol. The van der Waals surface area contributed by atoms with Crippen molar-refractivity contribution in [3.63, 3.8) is 0 Å². The van der Waals surface area contributed by atoms with Gasteiger partial charge in [0.15, 0.2) is 5.76 Å². The van der Waals surface area contributed by atoms with Gasteiger partial charge in [-0.15, -0.1) is 0 Å². The maximum absolute atomic E-state index is 13.0. The fourth-order valence-corrected chi connectivity index (χ4v) is 3.73. The molecule has 2 aromatic carbocycles. The van der Waals surface area contributed by atoms with E-state index in [1.165, 1.54) is 12.1 Å². The molecule has 1 aliphatic carbocycles. The highest BCUT2D eigenvalue weighted by atomic mass is 19.4. The number of amides is 2. The summed E-state index contributed by atoms with van der Waals surface area (Å²) in [5.74, 6) is -0.503. The zero-order valence-corrected chi connectivity index (χ0v) is 18.1. The first-order valence-electron chi connectivity index (χ1n) is 10.5. The molecule has 7 nitrogen and oxygen atoms in total. The van der Waals surface area contributed by atoms with Gasteiger partial charge in [0.1, 0.15) is 5.76 Å². The van der Waals surface area contributed by atoms with Gasteiger partial charge in [-0.2, -0.15) is 18.3 Å². The van der Waals surface area contributed by atoms with Crippen LogP contribution in [0.2, 0.25) is 0 Å². The predicted octanol–water partition coefficient (Wildman–Crippen LogP) is 4.83. The number of fused-ring (bicyclic) bond motifs is 1. The Kier molecular flexibility index (Phi) is 6.40. The number of hydrazone groups is 1. The Balaban J connectivity index is 1.50. The summed E-state index contributed by atoms with van der Waals surface area (Å²) in [5.41, 5.74) is 8.92. The molecule has 10 heteroatoms. The Labute approximate surface area is 193 Å². The molecule has 0 aliphatic heterocycles. The fourth-order valence-electron chi connectivity index (χ4n) is 3.73. The number of alkyl halides is 3. The van der Waals surface area contributed by atoms with E-state index in [0.717, 1.165) is 12.1 Å². The summed E-state index contributed by atoms with van der Waals surface area (Å²) in [6, 6.07) is 13.1. The van der Waals surface area contributed by atoms with Crippen LogP contribution in [0.4, 0.5) is 18.9 Å². The molecule has 1 heterocycles. The van der Waals surface area contributed by atoms with Gasteiger partial charge in [-0.1, -0.05) is 24.3 Å². The first kappa shape index (κ1) is 23.1. The van der Waals surface area contributed by atoms with Crippen LogP contribution in [0, 0.1) is 6.92 Å². The van der Waals surface area contributed by atoms with Gasteiger partial charge in [-0.3, -0.25) is 25.9 Å². The highest BCUT2D eigenvalue weighted by molar-refractivity contribution is 6.07. The molecular formula is C24H21F3N4O3. The summed E-state index contributed by atoms with van der Waals surface area (Å²) in [6.45, 7) is 1.70. The summed E-state index contributed by atoms with van der Waals surface area (Å²) >= 11 is 0. The minimum Gasteiger partial charge on any atom is -0.455 e. The second-order valence-electron chi connectivity index (χ2n) is 7.73. The second kappa shape index (κ2) is 9.42. The minimum atomic E-state index is -4.46. The van der Waals surface area contributed by atoms with Crippen molar-refractivity contribution in [2.75, 3.05) is 5.43 Å². The molecule has 0 saturated carbocycles. The Bertz CT molecular complexity index is 1250. The average Bonchev–Trinajstić information content (AvgIpc) is 3.18. The number of nitrogens with zero attached hydrogens (tertiary/aromatic N) is 1. The van der Waals surface area contributed by atoms with Gasteiger partial charge < -0.3 is 4.42 Å². The lowest BCUT2D eigenvalue weighted by atomic mass is 9.93. The number of rotatable bonds is 4. The van der Waals surface area contributed by atoms with Gasteiger partial charge in [-0.25, -0.2) is 0 Å². The Hall–Kier alpha value is -4.08. The van der Waals surface area contributed by atoms with E-state index in [2.05, 4.69) is 21.4 Å². The van der Waals surface area contributed by atoms with Gasteiger partial charge in [0, 0.05) is 23.1 Å². The SMILES string of the molecule is Cc1c(C(=O)NNC(=O)c2ccccc2)oc2c1/C(=N/Nc1cccc(C(F)(F)F)c1)CCC2. The number of hydrazine groups is 1. The average molecular weight is 470 g/mol. The van der Waals surface area contributed by atoms with Crippen LogP contribution < -0.4 is 16.3 Å². The molecule has 0 radical (unpaired) electrons. The molecule has 1 aliphatic rings. The van der Waals surface area contributed by atoms with Crippen LogP contribution in [0.5, 0.6) is 0 Å². The van der Waals surface area contributed by atoms with E-state index in [-0.39, 0.29) is 11.4 Å². The summed E-state index contributed by atoms with van der Waals surface area (Å²) in [6.07, 6.45) is -2.61. The monoisotopic (exact) mass is 470 g/mol. The number of hydrogen-bond donors (Lipinski definition) is 3. The number of halogens is 3. The van der Waals surface area contributed by atoms with Crippen LogP contribution >= 0.6 is 0 Å². The van der Waals surface area contributed by atoms with E-state index in [4.69, 9.17) is 4.42 Å². The summed E-state index contributed by atoms with van der Waals surface area (Å²) in [5, 5.41) is 4.30. The molecule has 34 heavy (non-hydrogen) atoms. The number of carbonyl (C=O) groups excluding carboxylic acids is 2. The summed E-state index contributed by atoms with van der Waals surface area (Å²) in [4.78, 5) is 24.8. The third-order valence-electron chi connectivity index (χ3n) is 5.37. The quantitative estimate of drug-likeness (QED) is 0.476. The molecule has 176 valence electrons. The Morgan fingerprint density at radius 3 is 2.44 bits per heavy atom. The molecular weight excluding hydrogens is 449 g/mol. The molecule has 0 atom stereocenters. The number of aryl methyl sites for hydroxylation is 1. The van der Waals surface area contributed by atoms with E-state index in [1.54, 1.807) is 37.3 Å². The van der Waals surface area contributed by atoms with Crippen molar-refractivity contribution < 1.29 is 27.2 Å². The van der Waals surface area contributed by atoms with Crippen LogP contribution in [-0.4, -0.2) is 17.5 Å². The van der Waals surface area contributed by atoms with Crippen molar-refractivity contribution in [3.05, 3.63) is 88.4 Å². The van der Waals surface area contributed by atoms with E-state index < -0.39 is 23.6 Å². The lowest BCUT2D eigenvalue weighted by molar-refractivity contribution is -0.137. The maximum Gasteiger partial charge on any atom is 0.416 e. The van der Waals surface area contributed by atoms with Crippen molar-refractivity contribution in [3.8, 4) is 0 Å². The molecule has 2 amide bonds. The van der Waals surface area contributed by atoms with E-state index in [0.29, 0.717) is 47.4 Å². The van der Waals surface area contributed by atoms with Crippen LogP contribution in [-0.2, 0) is 12.6 Å². The number of nitrogens with one attached hydrogen (secondary N) is 3. The lowest BCUT2D eigenvalue weighted by Gasteiger charge is -2.14. The van der Waals surface area contributed by atoms with Crippen LogP contribution in [0.15, 0.2) is 64.1 Å². The molecule has 3 aromatic rings. The largest absolute Gasteiger partial charge is 0.455 e. The van der Waals surface area contributed by atoms with Crippen LogP contribution in [0.1, 0.15) is 56.2 Å². The van der Waals surface area contributed by atoms with Gasteiger partial charge in [0.2, 0.25) is 0 Å². The second-order valence-corrected chi connectivity index (χ2v) is 7.73. The van der Waals surface area contributed by atoms with E-state index >= 15 is 0 Å². The lowest BCUT2D eigenvalue weighted by Crippen LogP contribution is -2.41. The third-order valence-corrected chi connectivity index (χ3v) is 5.37. The van der Waals surface area contributed by atoms with Crippen LogP contribution in [0.25, 0.3) is 0 Å². The topological polar surface area (TPSA) is 95.7 Å². The van der Waals surface area contributed by atoms with Crippen molar-refractivity contribution in [2.45, 2.75) is 32.4 Å². The first-order valence-corrected chi connectivity index (χ1v) is 10.5. The number of carbonyl (C=O) groups is 2. The molecule has 0 unspecified atom stereocenters. The molecule has 0 spiro atoms. The smallest absolute Gasteiger partial charge is 0.416 e. The molecule has 0 saturated heterocycles. The van der Waals surface area contributed by atoms with Crippen molar-refractivity contribution >= 4 is 23.2 Å². The summed E-state index contributed by atoms with van der Waals surface area (Å²) in [7, 11) is 0. The Morgan fingerprint density at radius 2 is 1.71 bits per heavy atom.